The van der Waals surface area contributed by atoms with E-state index in [1.165, 1.54) is 11.1 Å². The lowest BCUT2D eigenvalue weighted by Crippen LogP contribution is -2.21. The van der Waals surface area contributed by atoms with Crippen LogP contribution in [0.15, 0.2) is 36.9 Å². The average molecular weight is 268 g/mol. The first-order valence-electron chi connectivity index (χ1n) is 5.21. The summed E-state index contributed by atoms with van der Waals surface area (Å²) in [7, 11) is 2.04. The Labute approximate surface area is 101 Å². The number of hydrogen-bond donors (Lipinski definition) is 0. The van der Waals surface area contributed by atoms with Crippen LogP contribution in [0.1, 0.15) is 18.1 Å². The Bertz CT molecular complexity index is 320. The van der Waals surface area contributed by atoms with Crippen LogP contribution >= 0.6 is 16.1 Å². The molecule has 0 N–H and O–H groups in total. The van der Waals surface area contributed by atoms with Crippen LogP contribution in [0.5, 0.6) is 0 Å². The molecule has 0 amide bonds. The highest BCUT2D eigenvalue weighted by atomic mass is 79.9. The van der Waals surface area contributed by atoms with Crippen LogP contribution in [0.25, 0.3) is 0 Å². The summed E-state index contributed by atoms with van der Waals surface area (Å²) in [5.41, 5.74) is 2.72. The third kappa shape index (κ3) is 4.18. The summed E-state index contributed by atoms with van der Waals surface area (Å²) in [4.78, 5) is 0. The van der Waals surface area contributed by atoms with E-state index in [0.717, 1.165) is 12.8 Å². The molecule has 82 valence electrons. The van der Waals surface area contributed by atoms with Crippen molar-refractivity contribution >= 4 is 16.1 Å². The Hall–Kier alpha value is -0.600. The third-order valence-electron chi connectivity index (χ3n) is 2.51. The minimum absolute atomic E-state index is 0.504. The fourth-order valence-electron chi connectivity index (χ4n) is 1.52. The van der Waals surface area contributed by atoms with Crippen LogP contribution in [0.4, 0.5) is 0 Å². The molecule has 1 unspecified atom stereocenters. The van der Waals surface area contributed by atoms with Crippen molar-refractivity contribution in [3.63, 3.8) is 0 Å². The molecule has 0 aromatic heterocycles. The van der Waals surface area contributed by atoms with E-state index in [4.69, 9.17) is 0 Å². The van der Waals surface area contributed by atoms with E-state index in [-0.39, 0.29) is 0 Å². The van der Waals surface area contributed by atoms with Crippen molar-refractivity contribution in [3.8, 4) is 0 Å². The molecule has 1 aromatic rings. The Morgan fingerprint density at radius 3 is 2.73 bits per heavy atom. The second-order valence-corrected chi connectivity index (χ2v) is 5.01. The minimum Gasteiger partial charge on any atom is -0.242 e. The lowest BCUT2D eigenvalue weighted by Gasteiger charge is -2.17. The number of hydrogen-bond acceptors (Lipinski definition) is 1. The summed E-state index contributed by atoms with van der Waals surface area (Å²) in [5.74, 6) is 0. The molecule has 0 saturated carbocycles. The highest BCUT2D eigenvalue weighted by molar-refractivity contribution is 9.07. The Morgan fingerprint density at radius 2 is 2.13 bits per heavy atom. The van der Waals surface area contributed by atoms with Crippen LogP contribution in [0.2, 0.25) is 0 Å². The second-order valence-electron chi connectivity index (χ2n) is 3.89. The third-order valence-corrected chi connectivity index (χ3v) is 3.21. The van der Waals surface area contributed by atoms with Gasteiger partial charge in [-0.15, -0.1) is 6.58 Å². The standard InChI is InChI=1S/C13H18BrN/c1-4-6-12-7-5-8-13(10-12)9-11(2)15(3)14/h4-5,7-8,10-11H,1,6,9H2,2-3H3. The monoisotopic (exact) mass is 267 g/mol. The van der Waals surface area contributed by atoms with Gasteiger partial charge in [0.2, 0.25) is 0 Å². The zero-order chi connectivity index (χ0) is 11.3. The lowest BCUT2D eigenvalue weighted by molar-refractivity contribution is 0.448. The molecule has 0 bridgehead atoms. The molecule has 0 fully saturated rings. The molecular weight excluding hydrogens is 250 g/mol. The predicted octanol–water partition coefficient (Wildman–Crippen LogP) is 3.59. The number of benzene rings is 1. The fourth-order valence-corrected chi connectivity index (χ4v) is 1.66. The van der Waals surface area contributed by atoms with Crippen LogP contribution in [-0.4, -0.2) is 17.0 Å². The predicted molar refractivity (Wildman–Crippen MR) is 70.2 cm³/mol. The van der Waals surface area contributed by atoms with Crippen molar-refractivity contribution in [1.82, 2.24) is 3.93 Å². The van der Waals surface area contributed by atoms with Crippen molar-refractivity contribution in [2.45, 2.75) is 25.8 Å². The first-order valence-corrected chi connectivity index (χ1v) is 5.91. The number of nitrogens with zero attached hydrogens (tertiary/aromatic N) is 1. The molecule has 1 aromatic carbocycles. The topological polar surface area (TPSA) is 3.24 Å². The maximum atomic E-state index is 3.76. The van der Waals surface area contributed by atoms with Gasteiger partial charge in [0.05, 0.1) is 0 Å². The van der Waals surface area contributed by atoms with Gasteiger partial charge in [-0.2, -0.15) is 0 Å². The number of rotatable bonds is 5. The van der Waals surface area contributed by atoms with Gasteiger partial charge in [0.25, 0.3) is 0 Å². The van der Waals surface area contributed by atoms with Gasteiger partial charge in [0, 0.05) is 22.2 Å². The van der Waals surface area contributed by atoms with Gasteiger partial charge in [0.15, 0.2) is 0 Å². The molecule has 2 heteroatoms. The molecule has 1 nitrogen and oxygen atoms in total. The van der Waals surface area contributed by atoms with Crippen LogP contribution in [0, 0.1) is 0 Å². The summed E-state index contributed by atoms with van der Waals surface area (Å²) < 4.78 is 2.06. The zero-order valence-corrected chi connectivity index (χ0v) is 11.0. The maximum absolute atomic E-state index is 3.76. The quantitative estimate of drug-likeness (QED) is 0.582. The van der Waals surface area contributed by atoms with Gasteiger partial charge in [-0.3, -0.25) is 0 Å². The molecule has 0 saturated heterocycles. The summed E-state index contributed by atoms with van der Waals surface area (Å²) >= 11 is 3.46. The van der Waals surface area contributed by atoms with Crippen LogP contribution in [0.3, 0.4) is 0 Å². The summed E-state index contributed by atoms with van der Waals surface area (Å²) in [6.07, 6.45) is 3.96. The van der Waals surface area contributed by atoms with E-state index in [9.17, 15) is 0 Å². The SMILES string of the molecule is C=CCc1cccc(CC(C)N(C)Br)c1. The average Bonchev–Trinajstić information content (AvgIpc) is 2.18. The van der Waals surface area contributed by atoms with Crippen molar-refractivity contribution in [3.05, 3.63) is 48.0 Å². The Morgan fingerprint density at radius 1 is 1.47 bits per heavy atom. The van der Waals surface area contributed by atoms with E-state index in [1.807, 2.05) is 13.1 Å². The molecule has 0 spiro atoms. The van der Waals surface area contributed by atoms with Crippen LogP contribution in [-0.2, 0) is 12.8 Å². The van der Waals surface area contributed by atoms with Crippen molar-refractivity contribution in [2.24, 2.45) is 0 Å². The molecule has 1 rings (SSSR count). The number of halogens is 1. The van der Waals surface area contributed by atoms with E-state index in [1.54, 1.807) is 0 Å². The maximum Gasteiger partial charge on any atom is 0.0214 e. The lowest BCUT2D eigenvalue weighted by atomic mass is 10.0. The summed E-state index contributed by atoms with van der Waals surface area (Å²) in [6.45, 7) is 5.96. The zero-order valence-electron chi connectivity index (χ0n) is 9.41. The summed E-state index contributed by atoms with van der Waals surface area (Å²) in [5, 5.41) is 0. The second kappa shape index (κ2) is 6.09. The van der Waals surface area contributed by atoms with Gasteiger partial charge in [-0.05, 0) is 37.9 Å². The van der Waals surface area contributed by atoms with Crippen molar-refractivity contribution in [2.75, 3.05) is 7.05 Å². The highest BCUT2D eigenvalue weighted by Crippen LogP contribution is 2.12. The summed E-state index contributed by atoms with van der Waals surface area (Å²) in [6, 6.07) is 9.21. The molecule has 0 aliphatic rings. The number of likely N-dealkylation sites (N-methyl/N-ethyl adjacent to an activating group) is 1. The minimum atomic E-state index is 0.504. The molecule has 0 aliphatic heterocycles. The molecule has 0 heterocycles. The van der Waals surface area contributed by atoms with E-state index < -0.39 is 0 Å². The van der Waals surface area contributed by atoms with Gasteiger partial charge >= 0.3 is 0 Å². The largest absolute Gasteiger partial charge is 0.242 e. The molecule has 0 aliphatic carbocycles. The van der Waals surface area contributed by atoms with Gasteiger partial charge < -0.3 is 0 Å². The Balaban J connectivity index is 2.68. The Kier molecular flexibility index (Phi) is 5.06. The first-order chi connectivity index (χ1) is 7.13. The smallest absolute Gasteiger partial charge is 0.0214 e. The van der Waals surface area contributed by atoms with Gasteiger partial charge in [-0.1, -0.05) is 30.3 Å². The highest BCUT2D eigenvalue weighted by Gasteiger charge is 2.06. The van der Waals surface area contributed by atoms with Crippen molar-refractivity contribution in [1.29, 1.82) is 0 Å². The van der Waals surface area contributed by atoms with Gasteiger partial charge in [0.1, 0.15) is 0 Å². The first kappa shape index (κ1) is 12.5. The van der Waals surface area contributed by atoms with Gasteiger partial charge in [-0.25, -0.2) is 3.93 Å². The molecule has 0 radical (unpaired) electrons. The van der Waals surface area contributed by atoms with E-state index in [0.29, 0.717) is 6.04 Å². The normalized spacial score (nSPS) is 12.8. The number of allylic oxidation sites excluding steroid dienone is 1. The molecule has 15 heavy (non-hydrogen) atoms. The van der Waals surface area contributed by atoms with E-state index in [2.05, 4.69) is 57.8 Å². The van der Waals surface area contributed by atoms with Crippen molar-refractivity contribution < 1.29 is 0 Å². The van der Waals surface area contributed by atoms with Crippen LogP contribution < -0.4 is 0 Å². The molecular formula is C13H18BrN. The van der Waals surface area contributed by atoms with E-state index >= 15 is 0 Å². The fraction of sp³-hybridized carbons (Fsp3) is 0.385. The molecule has 1 atom stereocenters.